The Bertz CT molecular complexity index is 407. The SMILES string of the molecule is O=C1CC(CO)CN1c1nc(Cl)cc(Cl)n1. The second-order valence-electron chi connectivity index (χ2n) is 3.57. The van der Waals surface area contributed by atoms with Crippen LogP contribution in [0.2, 0.25) is 10.3 Å². The third-order valence-corrected chi connectivity index (χ3v) is 2.74. The van der Waals surface area contributed by atoms with Crippen LogP contribution in [0, 0.1) is 5.92 Å². The molecule has 1 atom stereocenters. The van der Waals surface area contributed by atoms with E-state index in [9.17, 15) is 4.79 Å². The average molecular weight is 262 g/mol. The molecule has 16 heavy (non-hydrogen) atoms. The van der Waals surface area contributed by atoms with Gasteiger partial charge in [-0.15, -0.1) is 0 Å². The molecule has 0 saturated carbocycles. The minimum atomic E-state index is -0.127. The van der Waals surface area contributed by atoms with Crippen LogP contribution in [-0.2, 0) is 4.79 Å². The lowest BCUT2D eigenvalue weighted by molar-refractivity contribution is -0.117. The predicted octanol–water partition coefficient (Wildman–Crippen LogP) is 1.13. The third-order valence-electron chi connectivity index (χ3n) is 2.36. The molecular formula is C9H9Cl2N3O2. The molecule has 2 heterocycles. The maximum absolute atomic E-state index is 11.6. The normalized spacial score (nSPS) is 20.6. The first-order valence-corrected chi connectivity index (χ1v) is 5.47. The lowest BCUT2D eigenvalue weighted by atomic mass is 10.1. The van der Waals surface area contributed by atoms with Gasteiger partial charge in [-0.2, -0.15) is 0 Å². The van der Waals surface area contributed by atoms with Crippen LogP contribution in [0.4, 0.5) is 5.95 Å². The van der Waals surface area contributed by atoms with E-state index in [4.69, 9.17) is 28.3 Å². The third kappa shape index (κ3) is 2.26. The number of carbonyl (C=O) groups excluding carboxylic acids is 1. The number of aliphatic hydroxyl groups excluding tert-OH is 1. The van der Waals surface area contributed by atoms with Gasteiger partial charge in [-0.1, -0.05) is 23.2 Å². The number of carbonyl (C=O) groups is 1. The highest BCUT2D eigenvalue weighted by Crippen LogP contribution is 2.24. The molecule has 1 aromatic rings. The van der Waals surface area contributed by atoms with Crippen molar-refractivity contribution in [2.75, 3.05) is 18.1 Å². The Morgan fingerprint density at radius 1 is 1.44 bits per heavy atom. The van der Waals surface area contributed by atoms with E-state index >= 15 is 0 Å². The number of amides is 1. The van der Waals surface area contributed by atoms with E-state index in [1.165, 1.54) is 11.0 Å². The molecule has 1 unspecified atom stereocenters. The Morgan fingerprint density at radius 3 is 2.56 bits per heavy atom. The highest BCUT2D eigenvalue weighted by atomic mass is 35.5. The van der Waals surface area contributed by atoms with Gasteiger partial charge in [-0.05, 0) is 0 Å². The molecule has 5 nitrogen and oxygen atoms in total. The summed E-state index contributed by atoms with van der Waals surface area (Å²) in [4.78, 5) is 20.9. The van der Waals surface area contributed by atoms with Crippen LogP contribution in [0.25, 0.3) is 0 Å². The summed E-state index contributed by atoms with van der Waals surface area (Å²) in [6.45, 7) is 0.364. The van der Waals surface area contributed by atoms with Crippen molar-refractivity contribution in [1.29, 1.82) is 0 Å². The van der Waals surface area contributed by atoms with Crippen molar-refractivity contribution >= 4 is 35.1 Å². The molecule has 1 aliphatic rings. The van der Waals surface area contributed by atoms with Gasteiger partial charge in [0.2, 0.25) is 11.9 Å². The minimum absolute atomic E-state index is 0.0312. The molecule has 7 heteroatoms. The van der Waals surface area contributed by atoms with Crippen LogP contribution in [0.15, 0.2) is 6.07 Å². The fourth-order valence-electron chi connectivity index (χ4n) is 1.60. The number of rotatable bonds is 2. The van der Waals surface area contributed by atoms with Crippen LogP contribution in [0.3, 0.4) is 0 Å². The monoisotopic (exact) mass is 261 g/mol. The summed E-state index contributed by atoms with van der Waals surface area (Å²) in [5.74, 6) is -0.00955. The Kier molecular flexibility index (Phi) is 3.28. The van der Waals surface area contributed by atoms with Crippen molar-refractivity contribution in [2.24, 2.45) is 5.92 Å². The number of anilines is 1. The molecule has 86 valence electrons. The first-order chi connectivity index (χ1) is 7.60. The zero-order chi connectivity index (χ0) is 11.7. The number of halogens is 2. The number of hydrogen-bond donors (Lipinski definition) is 1. The fraction of sp³-hybridized carbons (Fsp3) is 0.444. The van der Waals surface area contributed by atoms with Gasteiger partial charge in [0.05, 0.1) is 0 Å². The van der Waals surface area contributed by atoms with Crippen molar-refractivity contribution in [3.05, 3.63) is 16.4 Å². The van der Waals surface area contributed by atoms with E-state index in [1.54, 1.807) is 0 Å². The maximum atomic E-state index is 11.6. The van der Waals surface area contributed by atoms with E-state index < -0.39 is 0 Å². The predicted molar refractivity (Wildman–Crippen MR) is 59.6 cm³/mol. The summed E-state index contributed by atoms with van der Waals surface area (Å²) in [5.41, 5.74) is 0. The van der Waals surface area contributed by atoms with Gasteiger partial charge >= 0.3 is 0 Å². The smallest absolute Gasteiger partial charge is 0.234 e. The van der Waals surface area contributed by atoms with Crippen molar-refractivity contribution in [3.63, 3.8) is 0 Å². The molecule has 1 aromatic heterocycles. The van der Waals surface area contributed by atoms with Gasteiger partial charge in [0, 0.05) is 31.6 Å². The van der Waals surface area contributed by atoms with E-state index in [0.29, 0.717) is 13.0 Å². The van der Waals surface area contributed by atoms with Gasteiger partial charge in [0.25, 0.3) is 0 Å². The lowest BCUT2D eigenvalue weighted by Crippen LogP contribution is -2.27. The van der Waals surface area contributed by atoms with E-state index in [2.05, 4.69) is 9.97 Å². The molecule has 1 saturated heterocycles. The molecule has 1 aliphatic heterocycles. The first-order valence-electron chi connectivity index (χ1n) is 4.71. The molecule has 2 rings (SSSR count). The molecule has 0 aromatic carbocycles. The summed E-state index contributed by atoms with van der Waals surface area (Å²) < 4.78 is 0. The second-order valence-corrected chi connectivity index (χ2v) is 4.34. The van der Waals surface area contributed by atoms with Gasteiger partial charge in [-0.25, -0.2) is 9.97 Å². The van der Waals surface area contributed by atoms with Crippen molar-refractivity contribution in [3.8, 4) is 0 Å². The van der Waals surface area contributed by atoms with E-state index in [-0.39, 0.29) is 34.7 Å². The number of aromatic nitrogens is 2. The molecular weight excluding hydrogens is 253 g/mol. The molecule has 1 N–H and O–H groups in total. The van der Waals surface area contributed by atoms with Crippen molar-refractivity contribution in [1.82, 2.24) is 9.97 Å². The van der Waals surface area contributed by atoms with Crippen LogP contribution in [0.5, 0.6) is 0 Å². The maximum Gasteiger partial charge on any atom is 0.234 e. The van der Waals surface area contributed by atoms with Crippen LogP contribution >= 0.6 is 23.2 Å². The summed E-state index contributed by atoms with van der Waals surface area (Å²) >= 11 is 11.4. The largest absolute Gasteiger partial charge is 0.396 e. The highest BCUT2D eigenvalue weighted by molar-refractivity contribution is 6.33. The van der Waals surface area contributed by atoms with E-state index in [0.717, 1.165) is 0 Å². The second kappa shape index (κ2) is 4.53. The van der Waals surface area contributed by atoms with Crippen LogP contribution < -0.4 is 4.90 Å². The molecule has 0 radical (unpaired) electrons. The topological polar surface area (TPSA) is 66.3 Å². The van der Waals surface area contributed by atoms with E-state index in [1.807, 2.05) is 0 Å². The summed E-state index contributed by atoms with van der Waals surface area (Å²) in [7, 11) is 0. The summed E-state index contributed by atoms with van der Waals surface area (Å²) in [6, 6.07) is 1.40. The molecule has 1 fully saturated rings. The van der Waals surface area contributed by atoms with Gasteiger partial charge in [0.15, 0.2) is 0 Å². The summed E-state index contributed by atoms with van der Waals surface area (Å²) in [6.07, 6.45) is 0.296. The zero-order valence-electron chi connectivity index (χ0n) is 8.23. The minimum Gasteiger partial charge on any atom is -0.396 e. The lowest BCUT2D eigenvalue weighted by Gasteiger charge is -2.14. The number of aliphatic hydroxyl groups is 1. The fourth-order valence-corrected chi connectivity index (χ4v) is 2.01. The molecule has 0 spiro atoms. The van der Waals surface area contributed by atoms with Gasteiger partial charge < -0.3 is 5.11 Å². The Labute approximate surface area is 102 Å². The number of nitrogens with zero attached hydrogens (tertiary/aromatic N) is 3. The van der Waals surface area contributed by atoms with Crippen LogP contribution in [-0.4, -0.2) is 34.1 Å². The standard InChI is InChI=1S/C9H9Cl2N3O2/c10-6-2-7(11)13-9(12-6)14-3-5(4-15)1-8(14)16/h2,5,15H,1,3-4H2. The molecule has 0 bridgehead atoms. The van der Waals surface area contributed by atoms with Gasteiger partial charge in [0.1, 0.15) is 10.3 Å². The molecule has 1 amide bonds. The highest BCUT2D eigenvalue weighted by Gasteiger charge is 2.31. The van der Waals surface area contributed by atoms with Crippen molar-refractivity contribution in [2.45, 2.75) is 6.42 Å². The van der Waals surface area contributed by atoms with Gasteiger partial charge in [-0.3, -0.25) is 9.69 Å². The Hall–Kier alpha value is -0.910. The average Bonchev–Trinajstić information content (AvgIpc) is 2.58. The Balaban J connectivity index is 2.27. The Morgan fingerprint density at radius 2 is 2.06 bits per heavy atom. The van der Waals surface area contributed by atoms with Crippen LogP contribution in [0.1, 0.15) is 6.42 Å². The molecule has 0 aliphatic carbocycles. The van der Waals surface area contributed by atoms with Crippen molar-refractivity contribution < 1.29 is 9.90 Å². The zero-order valence-corrected chi connectivity index (χ0v) is 9.74. The quantitative estimate of drug-likeness (QED) is 0.811. The summed E-state index contributed by atoms with van der Waals surface area (Å²) in [5, 5.41) is 9.37. The first kappa shape index (κ1) is 11.6. The number of hydrogen-bond acceptors (Lipinski definition) is 4.